The Morgan fingerprint density at radius 3 is 2.71 bits per heavy atom. The molecule has 114 valence electrons. The molecular weight excluding hydrogens is 311 g/mol. The lowest BCUT2D eigenvalue weighted by atomic mass is 10.3. The van der Waals surface area contributed by atoms with Gasteiger partial charge in [-0.2, -0.15) is 13.2 Å². The molecular formula is C11H11ClF3N5O. The van der Waals surface area contributed by atoms with E-state index in [4.69, 9.17) is 11.6 Å². The summed E-state index contributed by atoms with van der Waals surface area (Å²) < 4.78 is 39.4. The van der Waals surface area contributed by atoms with Crippen LogP contribution in [-0.2, 0) is 12.7 Å². The molecule has 0 atom stereocenters. The number of carbonyl (C=O) groups is 1. The van der Waals surface area contributed by atoms with Crippen LogP contribution in [0.3, 0.4) is 0 Å². The van der Waals surface area contributed by atoms with Gasteiger partial charge in [0, 0.05) is 12.7 Å². The Labute approximate surface area is 122 Å². The van der Waals surface area contributed by atoms with Gasteiger partial charge in [0.05, 0.1) is 17.1 Å². The normalized spacial score (nSPS) is 11.7. The van der Waals surface area contributed by atoms with Crippen molar-refractivity contribution < 1.29 is 18.0 Å². The van der Waals surface area contributed by atoms with Gasteiger partial charge in [0.25, 0.3) is 0 Å². The van der Waals surface area contributed by atoms with Gasteiger partial charge < -0.3 is 10.6 Å². The predicted molar refractivity (Wildman–Crippen MR) is 68.9 cm³/mol. The maximum absolute atomic E-state index is 12.8. The Balaban J connectivity index is 2.33. The number of carbonyl (C=O) groups excluding carboxylic acids is 1. The number of aromatic nitrogens is 3. The predicted octanol–water partition coefficient (Wildman–Crippen LogP) is 2.22. The number of pyridine rings is 1. The van der Waals surface area contributed by atoms with Gasteiger partial charge in [0.15, 0.2) is 11.5 Å². The number of hydrogen-bond donors (Lipinski definition) is 2. The fourth-order valence-electron chi connectivity index (χ4n) is 1.66. The minimum atomic E-state index is -4.54. The first-order chi connectivity index (χ1) is 9.82. The molecule has 0 aliphatic carbocycles. The summed E-state index contributed by atoms with van der Waals surface area (Å²) in [5, 5.41) is 12.2. The topological polar surface area (TPSA) is 71.3 Å². The largest absolute Gasteiger partial charge is 0.417 e. The Morgan fingerprint density at radius 2 is 2.10 bits per heavy atom. The fraction of sp³-hybridized carbons (Fsp3) is 0.364. The second-order valence-corrected chi connectivity index (χ2v) is 4.50. The average Bonchev–Trinajstić information content (AvgIpc) is 2.79. The van der Waals surface area contributed by atoms with Crippen LogP contribution in [0.5, 0.6) is 0 Å². The lowest BCUT2D eigenvalue weighted by Crippen LogP contribution is -2.35. The lowest BCUT2D eigenvalue weighted by molar-refractivity contribution is -0.137. The molecule has 2 N–H and O–H groups in total. The van der Waals surface area contributed by atoms with E-state index in [0.717, 1.165) is 16.7 Å². The highest BCUT2D eigenvalue weighted by atomic mass is 35.5. The number of amides is 2. The maximum atomic E-state index is 12.8. The standard InChI is InChI=1S/C11H11ClF3N5O/c1-2-16-10(21)17-4-8-18-19-9-7(12)3-6(5-20(8)9)11(13,14)15/h3,5H,2,4H2,1H3,(H2,16,17,21). The number of halogens is 4. The van der Waals surface area contributed by atoms with Crippen molar-refractivity contribution in [1.29, 1.82) is 0 Å². The summed E-state index contributed by atoms with van der Waals surface area (Å²) in [7, 11) is 0. The van der Waals surface area contributed by atoms with E-state index in [-0.39, 0.29) is 23.0 Å². The second-order valence-electron chi connectivity index (χ2n) is 4.10. The van der Waals surface area contributed by atoms with Crippen LogP contribution >= 0.6 is 11.6 Å². The van der Waals surface area contributed by atoms with Crippen molar-refractivity contribution in [3.8, 4) is 0 Å². The third kappa shape index (κ3) is 3.35. The highest BCUT2D eigenvalue weighted by molar-refractivity contribution is 6.33. The molecule has 2 heterocycles. The molecule has 0 spiro atoms. The Kier molecular flexibility index (Phi) is 4.21. The fourth-order valence-corrected chi connectivity index (χ4v) is 1.90. The maximum Gasteiger partial charge on any atom is 0.417 e. The zero-order chi connectivity index (χ0) is 15.6. The van der Waals surface area contributed by atoms with Crippen LogP contribution in [0.2, 0.25) is 5.02 Å². The molecule has 0 aliphatic heterocycles. The minimum absolute atomic E-state index is 0.0787. The molecule has 0 aromatic carbocycles. The van der Waals surface area contributed by atoms with E-state index in [1.165, 1.54) is 0 Å². The molecule has 2 rings (SSSR count). The number of nitrogens with one attached hydrogen (secondary N) is 2. The summed E-state index contributed by atoms with van der Waals surface area (Å²) in [6.45, 7) is 2.09. The zero-order valence-corrected chi connectivity index (χ0v) is 11.6. The van der Waals surface area contributed by atoms with E-state index >= 15 is 0 Å². The number of urea groups is 1. The minimum Gasteiger partial charge on any atom is -0.338 e. The van der Waals surface area contributed by atoms with Crippen LogP contribution in [0.1, 0.15) is 18.3 Å². The van der Waals surface area contributed by atoms with Gasteiger partial charge in [0.1, 0.15) is 0 Å². The molecule has 2 amide bonds. The van der Waals surface area contributed by atoms with E-state index in [2.05, 4.69) is 20.8 Å². The van der Waals surface area contributed by atoms with Gasteiger partial charge in [-0.05, 0) is 13.0 Å². The molecule has 0 fully saturated rings. The molecule has 0 bridgehead atoms. The van der Waals surface area contributed by atoms with Crippen molar-refractivity contribution >= 4 is 23.3 Å². The van der Waals surface area contributed by atoms with Crippen molar-refractivity contribution in [2.45, 2.75) is 19.6 Å². The van der Waals surface area contributed by atoms with Gasteiger partial charge in [-0.25, -0.2) is 4.79 Å². The van der Waals surface area contributed by atoms with Crippen LogP contribution in [0.25, 0.3) is 5.65 Å². The third-order valence-corrected chi connectivity index (χ3v) is 2.88. The lowest BCUT2D eigenvalue weighted by Gasteiger charge is -2.09. The van der Waals surface area contributed by atoms with Gasteiger partial charge in [0.2, 0.25) is 0 Å². The van der Waals surface area contributed by atoms with Crippen LogP contribution in [-0.4, -0.2) is 27.2 Å². The highest BCUT2D eigenvalue weighted by Crippen LogP contribution is 2.32. The average molecular weight is 322 g/mol. The highest BCUT2D eigenvalue weighted by Gasteiger charge is 2.32. The van der Waals surface area contributed by atoms with Crippen molar-refractivity contribution in [1.82, 2.24) is 25.2 Å². The van der Waals surface area contributed by atoms with Gasteiger partial charge >= 0.3 is 12.2 Å². The summed E-state index contributed by atoms with van der Waals surface area (Å²) >= 11 is 5.77. The van der Waals surface area contributed by atoms with Gasteiger partial charge in [-0.1, -0.05) is 11.6 Å². The molecule has 0 unspecified atom stereocenters. The molecule has 0 aliphatic rings. The monoisotopic (exact) mass is 321 g/mol. The molecule has 10 heteroatoms. The van der Waals surface area contributed by atoms with Crippen molar-refractivity contribution in [3.63, 3.8) is 0 Å². The quantitative estimate of drug-likeness (QED) is 0.910. The van der Waals surface area contributed by atoms with E-state index < -0.39 is 17.8 Å². The van der Waals surface area contributed by atoms with Crippen LogP contribution in [0.15, 0.2) is 12.3 Å². The molecule has 2 aromatic heterocycles. The first-order valence-corrected chi connectivity index (χ1v) is 6.32. The van der Waals surface area contributed by atoms with E-state index in [1.807, 2.05) is 0 Å². The van der Waals surface area contributed by atoms with Crippen LogP contribution in [0, 0.1) is 0 Å². The van der Waals surface area contributed by atoms with Gasteiger partial charge in [-0.3, -0.25) is 4.40 Å². The van der Waals surface area contributed by atoms with Crippen LogP contribution in [0.4, 0.5) is 18.0 Å². The Morgan fingerprint density at radius 1 is 1.38 bits per heavy atom. The van der Waals surface area contributed by atoms with E-state index in [9.17, 15) is 18.0 Å². The molecule has 0 saturated heterocycles. The Hall–Kier alpha value is -2.03. The smallest absolute Gasteiger partial charge is 0.338 e. The number of alkyl halides is 3. The number of fused-ring (bicyclic) bond motifs is 1. The first-order valence-electron chi connectivity index (χ1n) is 5.95. The molecule has 2 aromatic rings. The first kappa shape index (κ1) is 15.4. The molecule has 6 nitrogen and oxygen atoms in total. The zero-order valence-electron chi connectivity index (χ0n) is 10.8. The number of nitrogens with zero attached hydrogens (tertiary/aromatic N) is 3. The van der Waals surface area contributed by atoms with Crippen LogP contribution < -0.4 is 10.6 Å². The van der Waals surface area contributed by atoms with E-state index in [1.54, 1.807) is 6.92 Å². The second kappa shape index (κ2) is 5.76. The van der Waals surface area contributed by atoms with Crippen molar-refractivity contribution in [2.75, 3.05) is 6.54 Å². The van der Waals surface area contributed by atoms with Crippen molar-refractivity contribution in [2.24, 2.45) is 0 Å². The van der Waals surface area contributed by atoms with E-state index in [0.29, 0.717) is 6.54 Å². The molecule has 21 heavy (non-hydrogen) atoms. The van der Waals surface area contributed by atoms with Crippen molar-refractivity contribution in [3.05, 3.63) is 28.7 Å². The number of rotatable bonds is 3. The summed E-state index contributed by atoms with van der Waals surface area (Å²) in [6, 6.07) is 0.333. The molecule has 0 radical (unpaired) electrons. The Bertz CT molecular complexity index is 670. The molecule has 0 saturated carbocycles. The van der Waals surface area contributed by atoms with Gasteiger partial charge in [-0.15, -0.1) is 10.2 Å². The summed E-state index contributed by atoms with van der Waals surface area (Å²) in [6.07, 6.45) is -3.69. The third-order valence-electron chi connectivity index (χ3n) is 2.60. The summed E-state index contributed by atoms with van der Waals surface area (Å²) in [4.78, 5) is 11.3. The summed E-state index contributed by atoms with van der Waals surface area (Å²) in [5.74, 6) is 0.143. The SMILES string of the molecule is CCNC(=O)NCc1nnc2c(Cl)cc(C(F)(F)F)cn12. The number of hydrogen-bond acceptors (Lipinski definition) is 3. The summed E-state index contributed by atoms with van der Waals surface area (Å²) in [5.41, 5.74) is -0.823.